The van der Waals surface area contributed by atoms with Crippen LogP contribution in [0.25, 0.3) is 0 Å². The third-order valence-corrected chi connectivity index (χ3v) is 4.38. The molecule has 0 aliphatic heterocycles. The fraction of sp³-hybridized carbons (Fsp3) is 0.733. The van der Waals surface area contributed by atoms with E-state index in [-0.39, 0.29) is 5.91 Å². The monoisotopic (exact) mass is 279 g/mol. The van der Waals surface area contributed by atoms with Crippen LogP contribution in [0.4, 0.5) is 0 Å². The van der Waals surface area contributed by atoms with Crippen molar-refractivity contribution in [2.75, 3.05) is 7.05 Å². The van der Waals surface area contributed by atoms with Crippen LogP contribution in [-0.4, -0.2) is 28.6 Å². The molecule has 2 unspecified atom stereocenters. The molecule has 2 rings (SSSR count). The first-order valence-corrected chi connectivity index (χ1v) is 7.29. The summed E-state index contributed by atoms with van der Waals surface area (Å²) < 4.78 is 5.14. The molecule has 1 fully saturated rings. The maximum absolute atomic E-state index is 12.7. The highest BCUT2D eigenvalue weighted by molar-refractivity contribution is 5.86. The van der Waals surface area contributed by atoms with Crippen LogP contribution in [-0.2, 0) is 11.3 Å². The minimum Gasteiger partial charge on any atom is -0.361 e. The van der Waals surface area contributed by atoms with Gasteiger partial charge >= 0.3 is 0 Å². The molecule has 1 saturated carbocycles. The molecule has 1 aromatic heterocycles. The molecule has 2 N–H and O–H groups in total. The number of hydrogen-bond donors (Lipinski definition) is 1. The van der Waals surface area contributed by atoms with Gasteiger partial charge < -0.3 is 15.2 Å². The number of nitrogens with zero attached hydrogens (tertiary/aromatic N) is 2. The molecule has 0 bridgehead atoms. The third-order valence-electron chi connectivity index (χ3n) is 4.38. The van der Waals surface area contributed by atoms with Gasteiger partial charge in [0.25, 0.3) is 0 Å². The van der Waals surface area contributed by atoms with Crippen molar-refractivity contribution in [3.63, 3.8) is 0 Å². The van der Waals surface area contributed by atoms with Crippen LogP contribution in [0.3, 0.4) is 0 Å². The molecule has 2 atom stereocenters. The van der Waals surface area contributed by atoms with Crippen molar-refractivity contribution in [2.45, 2.75) is 58.5 Å². The Morgan fingerprint density at radius 1 is 1.55 bits per heavy atom. The van der Waals surface area contributed by atoms with Crippen LogP contribution < -0.4 is 5.73 Å². The molecule has 1 aromatic rings. The van der Waals surface area contributed by atoms with Crippen LogP contribution in [0.1, 0.15) is 49.6 Å². The van der Waals surface area contributed by atoms with Crippen molar-refractivity contribution in [1.82, 2.24) is 10.1 Å². The van der Waals surface area contributed by atoms with Crippen molar-refractivity contribution < 1.29 is 9.32 Å². The summed E-state index contributed by atoms with van der Waals surface area (Å²) in [4.78, 5) is 14.4. The molecule has 5 heteroatoms. The lowest BCUT2D eigenvalue weighted by atomic mass is 9.76. The van der Waals surface area contributed by atoms with E-state index in [0.29, 0.717) is 12.5 Å². The fourth-order valence-corrected chi connectivity index (χ4v) is 3.20. The molecular weight excluding hydrogens is 254 g/mol. The number of aromatic nitrogens is 1. The lowest BCUT2D eigenvalue weighted by molar-refractivity contribution is -0.138. The number of carbonyl (C=O) groups is 1. The number of carbonyl (C=O) groups excluding carboxylic acids is 1. The molecule has 0 aromatic carbocycles. The summed E-state index contributed by atoms with van der Waals surface area (Å²) in [7, 11) is 1.81. The number of nitrogens with two attached hydrogens (primary N) is 1. The van der Waals surface area contributed by atoms with Gasteiger partial charge in [0, 0.05) is 12.6 Å². The lowest BCUT2D eigenvalue weighted by Gasteiger charge is -2.38. The van der Waals surface area contributed by atoms with Crippen molar-refractivity contribution in [1.29, 1.82) is 0 Å². The second-order valence-corrected chi connectivity index (χ2v) is 6.32. The Labute approximate surface area is 120 Å². The maximum Gasteiger partial charge on any atom is 0.242 e. The van der Waals surface area contributed by atoms with Gasteiger partial charge in [-0.05, 0) is 32.6 Å². The normalized spacial score (nSPS) is 26.6. The second kappa shape index (κ2) is 5.56. The first-order valence-electron chi connectivity index (χ1n) is 7.29. The summed E-state index contributed by atoms with van der Waals surface area (Å²) in [6.45, 7) is 6.44. The second-order valence-electron chi connectivity index (χ2n) is 6.32. The predicted octanol–water partition coefficient (Wildman–Crippen LogP) is 2.16. The Bertz CT molecular complexity index is 478. The Kier molecular flexibility index (Phi) is 4.18. The fourth-order valence-electron chi connectivity index (χ4n) is 3.20. The van der Waals surface area contributed by atoms with E-state index in [0.717, 1.165) is 36.3 Å². The molecule has 0 spiro atoms. The lowest BCUT2D eigenvalue weighted by Crippen LogP contribution is -2.56. The molecule has 20 heavy (non-hydrogen) atoms. The Morgan fingerprint density at radius 2 is 2.25 bits per heavy atom. The van der Waals surface area contributed by atoms with Gasteiger partial charge in [-0.3, -0.25) is 4.79 Å². The molecule has 1 aliphatic carbocycles. The van der Waals surface area contributed by atoms with Gasteiger partial charge in [-0.2, -0.15) is 0 Å². The summed E-state index contributed by atoms with van der Waals surface area (Å²) in [5.41, 5.74) is 7.48. The van der Waals surface area contributed by atoms with Crippen LogP contribution in [0.2, 0.25) is 0 Å². The number of rotatable bonds is 3. The average Bonchev–Trinajstić information content (AvgIpc) is 2.69. The number of amides is 1. The highest BCUT2D eigenvalue weighted by Crippen LogP contribution is 2.32. The van der Waals surface area contributed by atoms with Gasteiger partial charge in [-0.1, -0.05) is 24.9 Å². The Balaban J connectivity index is 2.09. The first kappa shape index (κ1) is 15.0. The molecule has 112 valence electrons. The molecule has 1 heterocycles. The van der Waals surface area contributed by atoms with E-state index in [4.69, 9.17) is 10.3 Å². The molecule has 1 amide bonds. The standard InChI is InChI=1S/C15H25N3O2/c1-10-6-5-7-15(16,8-10)14(19)18(4)9-13-11(2)17-20-12(13)3/h10H,5-9,16H2,1-4H3. The van der Waals surface area contributed by atoms with E-state index in [9.17, 15) is 4.79 Å². The summed E-state index contributed by atoms with van der Waals surface area (Å²) in [5.74, 6) is 1.32. The van der Waals surface area contributed by atoms with E-state index in [1.807, 2.05) is 20.9 Å². The van der Waals surface area contributed by atoms with Gasteiger partial charge in [-0.25, -0.2) is 0 Å². The minimum atomic E-state index is -0.703. The topological polar surface area (TPSA) is 72.4 Å². The summed E-state index contributed by atoms with van der Waals surface area (Å²) in [6.07, 6.45) is 3.75. The SMILES string of the molecule is Cc1noc(C)c1CN(C)C(=O)C1(N)CCCC(C)C1. The quantitative estimate of drug-likeness (QED) is 0.920. The largest absolute Gasteiger partial charge is 0.361 e. The predicted molar refractivity (Wildman–Crippen MR) is 77.0 cm³/mol. The van der Waals surface area contributed by atoms with Gasteiger partial charge in [0.2, 0.25) is 5.91 Å². The zero-order valence-electron chi connectivity index (χ0n) is 12.9. The van der Waals surface area contributed by atoms with Gasteiger partial charge in [-0.15, -0.1) is 0 Å². The van der Waals surface area contributed by atoms with Gasteiger partial charge in [0.1, 0.15) is 5.76 Å². The highest BCUT2D eigenvalue weighted by Gasteiger charge is 2.39. The highest BCUT2D eigenvalue weighted by atomic mass is 16.5. The summed E-state index contributed by atoms with van der Waals surface area (Å²) in [5, 5.41) is 3.93. The smallest absolute Gasteiger partial charge is 0.242 e. The summed E-state index contributed by atoms with van der Waals surface area (Å²) >= 11 is 0. The van der Waals surface area contributed by atoms with Crippen LogP contribution in [0, 0.1) is 19.8 Å². The number of hydrogen-bond acceptors (Lipinski definition) is 4. The van der Waals surface area contributed by atoms with Crippen molar-refractivity contribution >= 4 is 5.91 Å². The Morgan fingerprint density at radius 3 is 2.80 bits per heavy atom. The average molecular weight is 279 g/mol. The number of likely N-dealkylation sites (N-methyl/N-ethyl adjacent to an activating group) is 1. The van der Waals surface area contributed by atoms with E-state index >= 15 is 0 Å². The number of aryl methyl sites for hydroxylation is 2. The van der Waals surface area contributed by atoms with Gasteiger partial charge in [0.05, 0.1) is 17.8 Å². The van der Waals surface area contributed by atoms with E-state index in [1.165, 1.54) is 6.42 Å². The van der Waals surface area contributed by atoms with Crippen LogP contribution >= 0.6 is 0 Å². The van der Waals surface area contributed by atoms with Crippen LogP contribution in [0.5, 0.6) is 0 Å². The van der Waals surface area contributed by atoms with E-state index in [2.05, 4.69) is 12.1 Å². The van der Waals surface area contributed by atoms with Crippen molar-refractivity contribution in [3.8, 4) is 0 Å². The zero-order chi connectivity index (χ0) is 14.9. The first-order chi connectivity index (χ1) is 9.33. The molecule has 0 saturated heterocycles. The van der Waals surface area contributed by atoms with Crippen LogP contribution in [0.15, 0.2) is 4.52 Å². The van der Waals surface area contributed by atoms with E-state index in [1.54, 1.807) is 4.90 Å². The molecule has 1 aliphatic rings. The summed E-state index contributed by atoms with van der Waals surface area (Å²) in [6, 6.07) is 0. The van der Waals surface area contributed by atoms with Crippen molar-refractivity contribution in [2.24, 2.45) is 11.7 Å². The van der Waals surface area contributed by atoms with Gasteiger partial charge in [0.15, 0.2) is 0 Å². The maximum atomic E-state index is 12.7. The Hall–Kier alpha value is -1.36. The molecule has 5 nitrogen and oxygen atoms in total. The third kappa shape index (κ3) is 2.87. The molecular formula is C15H25N3O2. The van der Waals surface area contributed by atoms with E-state index < -0.39 is 5.54 Å². The zero-order valence-corrected chi connectivity index (χ0v) is 12.9. The minimum absolute atomic E-state index is 0.0315. The molecule has 0 radical (unpaired) electrons. The van der Waals surface area contributed by atoms with Crippen molar-refractivity contribution in [3.05, 3.63) is 17.0 Å².